The van der Waals surface area contributed by atoms with Gasteiger partial charge in [-0.05, 0) is 50.9 Å². The summed E-state index contributed by atoms with van der Waals surface area (Å²) in [7, 11) is 1.61. The zero-order valence-corrected chi connectivity index (χ0v) is 29.2. The zero-order valence-electron chi connectivity index (χ0n) is 27.0. The Labute approximate surface area is 297 Å². The summed E-state index contributed by atoms with van der Waals surface area (Å²) in [6.07, 6.45) is -1.53. The summed E-state index contributed by atoms with van der Waals surface area (Å²) in [5.41, 5.74) is 2.64. The van der Waals surface area contributed by atoms with E-state index in [1.165, 1.54) is 4.90 Å². The molecule has 5 aliphatic rings. The van der Waals surface area contributed by atoms with Crippen molar-refractivity contribution in [2.24, 2.45) is 5.41 Å². The van der Waals surface area contributed by atoms with Crippen molar-refractivity contribution >= 4 is 40.4 Å². The first kappa shape index (κ1) is 32.8. The third-order valence-corrected chi connectivity index (χ3v) is 11.8. The Hall–Kier alpha value is -3.40. The van der Waals surface area contributed by atoms with Crippen LogP contribution in [0.15, 0.2) is 78.9 Å². The maximum Gasteiger partial charge on any atom is 0.327 e. The smallest absolute Gasteiger partial charge is 0.327 e. The Balaban J connectivity index is 1.19. The molecule has 256 valence electrons. The summed E-state index contributed by atoms with van der Waals surface area (Å²) in [6.45, 7) is 0.0389. The molecule has 1 saturated carbocycles. The topological polar surface area (TPSA) is 127 Å². The van der Waals surface area contributed by atoms with Crippen molar-refractivity contribution in [3.8, 4) is 0 Å². The molecule has 7 atom stereocenters. The van der Waals surface area contributed by atoms with Crippen LogP contribution in [0, 0.1) is 8.99 Å². The number of aliphatic hydroxyl groups excluding tert-OH is 1. The average Bonchev–Trinajstić information content (AvgIpc) is 3.78. The van der Waals surface area contributed by atoms with E-state index in [-0.39, 0.29) is 32.5 Å². The number of benzene rings is 3. The number of hydroxylamine groups is 2. The summed E-state index contributed by atoms with van der Waals surface area (Å²) in [5.74, 6) is -2.33. The van der Waals surface area contributed by atoms with Crippen LogP contribution in [0.25, 0.3) is 0 Å². The summed E-state index contributed by atoms with van der Waals surface area (Å²) in [5, 5.41) is 13.8. The van der Waals surface area contributed by atoms with Crippen molar-refractivity contribution in [3.05, 3.63) is 105 Å². The van der Waals surface area contributed by atoms with Crippen molar-refractivity contribution in [2.75, 3.05) is 20.2 Å². The van der Waals surface area contributed by atoms with Crippen LogP contribution in [0.1, 0.15) is 28.7 Å². The number of amides is 2. The Kier molecular flexibility index (Phi) is 8.52. The number of carbonyl (C=O) groups is 3. The molecule has 3 saturated heterocycles. The van der Waals surface area contributed by atoms with Crippen molar-refractivity contribution < 1.29 is 38.5 Å². The first-order valence-corrected chi connectivity index (χ1v) is 17.8. The number of halogens is 1. The summed E-state index contributed by atoms with van der Waals surface area (Å²) < 4.78 is 20.8. The molecule has 3 aliphatic heterocycles. The molecule has 11 nitrogen and oxygen atoms in total. The fourth-order valence-electron chi connectivity index (χ4n) is 8.54. The van der Waals surface area contributed by atoms with Gasteiger partial charge < -0.3 is 29.5 Å². The molecule has 3 heterocycles. The molecule has 8 rings (SSSR count). The SMILES string of the molecule is CN(C(=O)C12CC3OC(=O)C1N(Cc1ccccc1I)OC2C1OC2(Cc4ccccc4C2)OC31)C(Cc1ccccc1)C(=O)NCCO. The Morgan fingerprint density at radius 2 is 1.67 bits per heavy atom. The number of esters is 1. The van der Waals surface area contributed by atoms with Gasteiger partial charge in [-0.25, -0.2) is 0 Å². The first-order chi connectivity index (χ1) is 23.7. The average molecular weight is 780 g/mol. The quantitative estimate of drug-likeness (QED) is 0.249. The number of likely N-dealkylation sites (N-methyl/N-ethyl adjacent to an activating group) is 1. The van der Waals surface area contributed by atoms with Gasteiger partial charge in [0.25, 0.3) is 0 Å². The van der Waals surface area contributed by atoms with Crippen molar-refractivity contribution in [3.63, 3.8) is 0 Å². The van der Waals surface area contributed by atoms with Crippen LogP contribution in [-0.4, -0.2) is 95.3 Å². The van der Waals surface area contributed by atoms with Crippen LogP contribution in [0.2, 0.25) is 0 Å². The van der Waals surface area contributed by atoms with Crippen LogP contribution >= 0.6 is 22.6 Å². The maximum absolute atomic E-state index is 15.3. The van der Waals surface area contributed by atoms with Crippen LogP contribution in [0.5, 0.6) is 0 Å². The molecule has 2 amide bonds. The second kappa shape index (κ2) is 12.7. The number of nitrogens with one attached hydrogen (secondary N) is 1. The first-order valence-electron chi connectivity index (χ1n) is 16.7. The van der Waals surface area contributed by atoms with Crippen molar-refractivity contribution in [1.82, 2.24) is 15.3 Å². The molecule has 4 fully saturated rings. The summed E-state index contributed by atoms with van der Waals surface area (Å²) in [6, 6.07) is 23.4. The molecule has 0 aromatic heterocycles. The number of carbonyl (C=O) groups excluding carboxylic acids is 3. The number of nitrogens with zero attached hydrogens (tertiary/aromatic N) is 2. The predicted octanol–water partition coefficient (Wildman–Crippen LogP) is 2.55. The van der Waals surface area contributed by atoms with E-state index in [0.29, 0.717) is 12.8 Å². The summed E-state index contributed by atoms with van der Waals surface area (Å²) in [4.78, 5) is 51.3. The van der Waals surface area contributed by atoms with E-state index < -0.39 is 65.5 Å². The van der Waals surface area contributed by atoms with Gasteiger partial charge in [-0.1, -0.05) is 72.8 Å². The van der Waals surface area contributed by atoms with Gasteiger partial charge in [-0.2, -0.15) is 5.06 Å². The zero-order chi connectivity index (χ0) is 33.9. The lowest BCUT2D eigenvalue weighted by Crippen LogP contribution is -2.70. The largest absolute Gasteiger partial charge is 0.458 e. The minimum atomic E-state index is -1.43. The Bertz CT molecular complexity index is 1750. The number of aliphatic hydroxyl groups is 1. The second-order valence-corrected chi connectivity index (χ2v) is 14.8. The van der Waals surface area contributed by atoms with Crippen LogP contribution in [0.4, 0.5) is 0 Å². The molecule has 7 unspecified atom stereocenters. The highest BCUT2D eigenvalue weighted by Gasteiger charge is 2.77. The van der Waals surface area contributed by atoms with Crippen molar-refractivity contribution in [1.29, 1.82) is 0 Å². The molecule has 2 N–H and O–H groups in total. The molecule has 2 aliphatic carbocycles. The van der Waals surface area contributed by atoms with Gasteiger partial charge in [-0.15, -0.1) is 0 Å². The fourth-order valence-corrected chi connectivity index (χ4v) is 9.10. The van der Waals surface area contributed by atoms with E-state index in [1.54, 1.807) is 12.1 Å². The van der Waals surface area contributed by atoms with Gasteiger partial charge in [0.1, 0.15) is 35.9 Å². The molecular weight excluding hydrogens is 741 g/mol. The second-order valence-electron chi connectivity index (χ2n) is 13.6. The van der Waals surface area contributed by atoms with E-state index >= 15 is 4.79 Å². The van der Waals surface area contributed by atoms with Crippen LogP contribution in [-0.2, 0) is 59.2 Å². The molecule has 1 spiro atoms. The van der Waals surface area contributed by atoms with Gasteiger partial charge in [0.2, 0.25) is 11.8 Å². The van der Waals surface area contributed by atoms with E-state index in [1.807, 2.05) is 66.7 Å². The normalized spacial score (nSPS) is 29.6. The number of fused-ring (bicyclic) bond motifs is 5. The Morgan fingerprint density at radius 3 is 2.39 bits per heavy atom. The van der Waals surface area contributed by atoms with E-state index in [0.717, 1.165) is 25.8 Å². The molecule has 49 heavy (non-hydrogen) atoms. The van der Waals surface area contributed by atoms with Gasteiger partial charge in [0.05, 0.1) is 13.2 Å². The van der Waals surface area contributed by atoms with Gasteiger partial charge in [0, 0.05) is 42.8 Å². The lowest BCUT2D eigenvalue weighted by molar-refractivity contribution is -0.218. The van der Waals surface area contributed by atoms with Gasteiger partial charge in [-0.3, -0.25) is 19.2 Å². The van der Waals surface area contributed by atoms with E-state index in [9.17, 15) is 14.7 Å². The third-order valence-electron chi connectivity index (χ3n) is 10.7. The monoisotopic (exact) mass is 779 g/mol. The van der Waals surface area contributed by atoms with E-state index in [2.05, 4.69) is 40.0 Å². The predicted molar refractivity (Wildman–Crippen MR) is 183 cm³/mol. The highest BCUT2D eigenvalue weighted by molar-refractivity contribution is 14.1. The highest BCUT2D eigenvalue weighted by Crippen LogP contribution is 2.59. The van der Waals surface area contributed by atoms with Crippen molar-refractivity contribution in [2.45, 2.75) is 74.5 Å². The van der Waals surface area contributed by atoms with Gasteiger partial charge >= 0.3 is 5.97 Å². The number of hydrogen-bond acceptors (Lipinski definition) is 9. The molecule has 3 aromatic rings. The molecule has 3 aromatic carbocycles. The lowest BCUT2D eigenvalue weighted by atomic mass is 9.62. The van der Waals surface area contributed by atoms with Gasteiger partial charge in [0.15, 0.2) is 11.8 Å². The van der Waals surface area contributed by atoms with Crippen LogP contribution < -0.4 is 5.32 Å². The van der Waals surface area contributed by atoms with E-state index in [4.69, 9.17) is 19.0 Å². The lowest BCUT2D eigenvalue weighted by Gasteiger charge is -2.50. The molecule has 12 heteroatoms. The standard InChI is InChI=1S/C37H38IN3O8/c1-40(27(33(43)39-15-16-42)17-22-9-3-2-4-10-22)35(45)37-20-28-29-30(48-36(47-29)18-23-11-5-6-12-24(23)19-36)32(37)49-41(31(37)34(44)46-28)21-25-13-7-8-14-26(25)38/h2-14,27-32,42H,15-21H2,1H3,(H,39,43). The number of ether oxygens (including phenoxy) is 3. The summed E-state index contributed by atoms with van der Waals surface area (Å²) >= 11 is 2.25. The third kappa shape index (κ3) is 5.47. The highest BCUT2D eigenvalue weighted by atomic mass is 127. The minimum Gasteiger partial charge on any atom is -0.458 e. The number of rotatable bonds is 9. The number of hydrogen-bond donors (Lipinski definition) is 2. The minimum absolute atomic E-state index is 0.0446. The fraction of sp³-hybridized carbons (Fsp3) is 0.432. The molecule has 2 bridgehead atoms. The van der Waals surface area contributed by atoms with Crippen LogP contribution in [0.3, 0.4) is 0 Å². The molecular formula is C37H38IN3O8. The Morgan fingerprint density at radius 1 is 1.00 bits per heavy atom. The maximum atomic E-state index is 15.3. The molecule has 0 radical (unpaired) electrons.